The summed E-state index contributed by atoms with van der Waals surface area (Å²) >= 11 is 0. The summed E-state index contributed by atoms with van der Waals surface area (Å²) in [4.78, 5) is 23.5. The zero-order valence-corrected chi connectivity index (χ0v) is 9.56. The van der Waals surface area contributed by atoms with Crippen LogP contribution in [0.1, 0.15) is 29.6 Å². The van der Waals surface area contributed by atoms with Crippen LogP contribution >= 0.6 is 0 Å². The van der Waals surface area contributed by atoms with Gasteiger partial charge in [0.15, 0.2) is 0 Å². The van der Waals surface area contributed by atoms with Crippen molar-refractivity contribution < 1.29 is 9.59 Å². The number of hydrogen-bond donors (Lipinski definition) is 2. The molecule has 1 aromatic carbocycles. The molecule has 0 unspecified atom stereocenters. The van der Waals surface area contributed by atoms with Crippen LogP contribution in [0.25, 0.3) is 0 Å². The fourth-order valence-corrected chi connectivity index (χ4v) is 2.12. The second-order valence-electron chi connectivity index (χ2n) is 4.44. The molecule has 1 aliphatic carbocycles. The maximum atomic E-state index is 11.8. The van der Waals surface area contributed by atoms with Crippen LogP contribution in [0.15, 0.2) is 30.3 Å². The maximum absolute atomic E-state index is 11.8. The number of carbonyl (C=O) groups is 2. The summed E-state index contributed by atoms with van der Waals surface area (Å²) in [5.74, 6) is -1.01. The molecule has 0 aromatic heterocycles. The van der Waals surface area contributed by atoms with E-state index in [-0.39, 0.29) is 12.1 Å². The molecule has 0 bridgehead atoms. The molecule has 0 saturated heterocycles. The van der Waals surface area contributed by atoms with Crippen molar-refractivity contribution in [1.82, 2.24) is 5.32 Å². The lowest BCUT2D eigenvalue weighted by molar-refractivity contribution is -0.117. The number of nitrogens with two attached hydrogens (primary N) is 1. The van der Waals surface area contributed by atoms with Crippen molar-refractivity contribution in [3.05, 3.63) is 35.9 Å². The Balaban J connectivity index is 1.94. The number of Topliss-reactive ketones (excluding diaryl/α,β-unsaturated/α-hetero) is 1. The molecule has 0 heterocycles. The van der Waals surface area contributed by atoms with Crippen molar-refractivity contribution in [2.24, 2.45) is 5.73 Å². The first kappa shape index (κ1) is 11.8. The number of hydrogen-bond acceptors (Lipinski definition) is 3. The van der Waals surface area contributed by atoms with E-state index in [1.165, 1.54) is 0 Å². The van der Waals surface area contributed by atoms with Gasteiger partial charge in [-0.1, -0.05) is 30.3 Å². The molecule has 90 valence electrons. The highest BCUT2D eigenvalue weighted by atomic mass is 16.2. The molecule has 0 radical (unpaired) electrons. The monoisotopic (exact) mass is 232 g/mol. The van der Waals surface area contributed by atoms with E-state index >= 15 is 0 Å². The topological polar surface area (TPSA) is 72.2 Å². The van der Waals surface area contributed by atoms with Crippen molar-refractivity contribution in [2.75, 3.05) is 0 Å². The first-order valence-corrected chi connectivity index (χ1v) is 5.82. The van der Waals surface area contributed by atoms with Crippen LogP contribution in [-0.4, -0.2) is 23.8 Å². The minimum absolute atomic E-state index is 0.0464. The second kappa shape index (κ2) is 5.10. The Morgan fingerprint density at radius 3 is 2.47 bits per heavy atom. The molecule has 0 spiro atoms. The minimum atomic E-state index is -0.532. The first-order valence-electron chi connectivity index (χ1n) is 5.82. The van der Waals surface area contributed by atoms with E-state index in [0.29, 0.717) is 5.56 Å². The van der Waals surface area contributed by atoms with Gasteiger partial charge in [0, 0.05) is 17.6 Å². The van der Waals surface area contributed by atoms with Crippen molar-refractivity contribution in [3.8, 4) is 0 Å². The highest BCUT2D eigenvalue weighted by Crippen LogP contribution is 2.17. The van der Waals surface area contributed by atoms with Gasteiger partial charge in [-0.3, -0.25) is 9.59 Å². The Bertz CT molecular complexity index is 417. The quantitative estimate of drug-likeness (QED) is 0.600. The number of amides is 1. The van der Waals surface area contributed by atoms with Crippen LogP contribution in [0.5, 0.6) is 0 Å². The molecule has 1 aromatic rings. The third-order valence-corrected chi connectivity index (χ3v) is 3.05. The lowest BCUT2D eigenvalue weighted by Crippen LogP contribution is -2.38. The van der Waals surface area contributed by atoms with Gasteiger partial charge in [-0.15, -0.1) is 0 Å². The molecule has 2 atom stereocenters. The minimum Gasteiger partial charge on any atom is -0.346 e. The summed E-state index contributed by atoms with van der Waals surface area (Å²) in [5.41, 5.74) is 6.18. The van der Waals surface area contributed by atoms with E-state index < -0.39 is 11.7 Å². The first-order chi connectivity index (χ1) is 8.16. The summed E-state index contributed by atoms with van der Waals surface area (Å²) in [6.45, 7) is 0. The summed E-state index contributed by atoms with van der Waals surface area (Å²) in [6.07, 6.45) is 2.52. The van der Waals surface area contributed by atoms with Gasteiger partial charge in [-0.25, -0.2) is 0 Å². The number of nitrogens with one attached hydrogen (secondary N) is 1. The van der Waals surface area contributed by atoms with Crippen LogP contribution in [0.2, 0.25) is 0 Å². The zero-order valence-electron chi connectivity index (χ0n) is 9.56. The van der Waals surface area contributed by atoms with Gasteiger partial charge in [0.05, 0.1) is 0 Å². The maximum Gasteiger partial charge on any atom is 0.292 e. The molecular weight excluding hydrogens is 216 g/mol. The normalized spacial score (nSPS) is 23.4. The molecule has 17 heavy (non-hydrogen) atoms. The van der Waals surface area contributed by atoms with E-state index in [1.807, 2.05) is 6.07 Å². The molecule has 1 amide bonds. The van der Waals surface area contributed by atoms with Crippen LogP contribution in [0.3, 0.4) is 0 Å². The van der Waals surface area contributed by atoms with Gasteiger partial charge in [0.2, 0.25) is 5.78 Å². The molecule has 3 N–H and O–H groups in total. The highest BCUT2D eigenvalue weighted by molar-refractivity contribution is 6.42. The van der Waals surface area contributed by atoms with Crippen LogP contribution in [-0.2, 0) is 4.79 Å². The third-order valence-electron chi connectivity index (χ3n) is 3.05. The predicted octanol–water partition coefficient (Wildman–Crippen LogP) is 0.865. The highest BCUT2D eigenvalue weighted by Gasteiger charge is 2.25. The number of ketones is 1. The molecule has 1 fully saturated rings. The van der Waals surface area contributed by atoms with E-state index in [0.717, 1.165) is 19.3 Å². The fourth-order valence-electron chi connectivity index (χ4n) is 2.12. The molecule has 4 heteroatoms. The molecule has 1 aliphatic rings. The van der Waals surface area contributed by atoms with E-state index in [1.54, 1.807) is 24.3 Å². The van der Waals surface area contributed by atoms with E-state index in [4.69, 9.17) is 5.73 Å². The van der Waals surface area contributed by atoms with Gasteiger partial charge >= 0.3 is 0 Å². The molecule has 2 rings (SSSR count). The molecule has 4 nitrogen and oxygen atoms in total. The lowest BCUT2D eigenvalue weighted by atomic mass is 10.1. The van der Waals surface area contributed by atoms with Gasteiger partial charge in [-0.2, -0.15) is 0 Å². The summed E-state index contributed by atoms with van der Waals surface area (Å²) in [7, 11) is 0. The third kappa shape index (κ3) is 2.91. The van der Waals surface area contributed by atoms with Gasteiger partial charge in [-0.05, 0) is 19.3 Å². The SMILES string of the molecule is N[C@@H]1CC[C@@H](NC(=O)C(=O)c2ccccc2)C1. The fraction of sp³-hybridized carbons (Fsp3) is 0.385. The molecular formula is C13H16N2O2. The Kier molecular flexibility index (Phi) is 3.54. The van der Waals surface area contributed by atoms with Gasteiger partial charge in [0.25, 0.3) is 5.91 Å². The smallest absolute Gasteiger partial charge is 0.292 e. The summed E-state index contributed by atoms with van der Waals surface area (Å²) in [6, 6.07) is 8.77. The zero-order chi connectivity index (χ0) is 12.3. The standard InChI is InChI=1S/C13H16N2O2/c14-10-6-7-11(8-10)15-13(17)12(16)9-4-2-1-3-5-9/h1-5,10-11H,6-8,14H2,(H,15,17)/t10-,11-/m1/s1. The Hall–Kier alpha value is -1.68. The number of rotatable bonds is 3. The number of benzene rings is 1. The Morgan fingerprint density at radius 1 is 1.18 bits per heavy atom. The average molecular weight is 232 g/mol. The molecule has 1 saturated carbocycles. The largest absolute Gasteiger partial charge is 0.346 e. The Morgan fingerprint density at radius 2 is 1.88 bits per heavy atom. The van der Waals surface area contributed by atoms with Crippen molar-refractivity contribution in [3.63, 3.8) is 0 Å². The van der Waals surface area contributed by atoms with Crippen LogP contribution in [0.4, 0.5) is 0 Å². The Labute approximate surface area is 100 Å². The summed E-state index contributed by atoms with van der Waals surface area (Å²) < 4.78 is 0. The van der Waals surface area contributed by atoms with Crippen molar-refractivity contribution >= 4 is 11.7 Å². The van der Waals surface area contributed by atoms with Gasteiger partial charge < -0.3 is 11.1 Å². The van der Waals surface area contributed by atoms with E-state index in [2.05, 4.69) is 5.32 Å². The van der Waals surface area contributed by atoms with E-state index in [9.17, 15) is 9.59 Å². The molecule has 0 aliphatic heterocycles. The van der Waals surface area contributed by atoms with Crippen molar-refractivity contribution in [2.45, 2.75) is 31.3 Å². The van der Waals surface area contributed by atoms with Crippen LogP contribution in [0, 0.1) is 0 Å². The predicted molar refractivity (Wildman–Crippen MR) is 64.5 cm³/mol. The summed E-state index contributed by atoms with van der Waals surface area (Å²) in [5, 5.41) is 2.74. The van der Waals surface area contributed by atoms with Crippen molar-refractivity contribution in [1.29, 1.82) is 0 Å². The second-order valence-corrected chi connectivity index (χ2v) is 4.44. The lowest BCUT2D eigenvalue weighted by Gasteiger charge is -2.11. The number of carbonyl (C=O) groups excluding carboxylic acids is 2. The van der Waals surface area contributed by atoms with Gasteiger partial charge in [0.1, 0.15) is 0 Å². The van der Waals surface area contributed by atoms with Crippen LogP contribution < -0.4 is 11.1 Å². The average Bonchev–Trinajstić information content (AvgIpc) is 2.75.